The molecule has 0 radical (unpaired) electrons. The lowest BCUT2D eigenvalue weighted by Gasteiger charge is -2.21. The van der Waals surface area contributed by atoms with Gasteiger partial charge in [0.2, 0.25) is 10.0 Å². The van der Waals surface area contributed by atoms with Crippen molar-refractivity contribution >= 4 is 15.9 Å². The van der Waals surface area contributed by atoms with E-state index in [1.807, 2.05) is 13.8 Å². The Balaban J connectivity index is 1.50. The van der Waals surface area contributed by atoms with Crippen molar-refractivity contribution < 1.29 is 17.6 Å². The van der Waals surface area contributed by atoms with Crippen LogP contribution in [-0.4, -0.2) is 41.5 Å². The molecule has 1 aliphatic carbocycles. The Hall–Kier alpha value is -3.04. The quantitative estimate of drug-likeness (QED) is 0.573. The number of rotatable bonds is 7. The van der Waals surface area contributed by atoms with E-state index in [1.165, 1.54) is 15.1 Å². The monoisotopic (exact) mass is 470 g/mol. The SMILES string of the molecule is CC(C)N(C)S(=O)(=O)c1ccc(CNC(=O)c2nn(-c3ccccc3F)c3c2CCC3)cc1. The van der Waals surface area contributed by atoms with Gasteiger partial charge in [-0.05, 0) is 62.9 Å². The Morgan fingerprint density at radius 1 is 1.15 bits per heavy atom. The summed E-state index contributed by atoms with van der Waals surface area (Å²) in [7, 11) is -2.01. The molecule has 0 unspecified atom stereocenters. The molecule has 1 aliphatic rings. The number of fused-ring (bicyclic) bond motifs is 1. The van der Waals surface area contributed by atoms with E-state index in [1.54, 1.807) is 49.5 Å². The number of benzene rings is 2. The van der Waals surface area contributed by atoms with Gasteiger partial charge in [-0.15, -0.1) is 0 Å². The van der Waals surface area contributed by atoms with Crippen molar-refractivity contribution in [1.82, 2.24) is 19.4 Å². The number of hydrogen-bond acceptors (Lipinski definition) is 4. The number of amides is 1. The van der Waals surface area contributed by atoms with Crippen molar-refractivity contribution in [2.45, 2.75) is 50.6 Å². The summed E-state index contributed by atoms with van der Waals surface area (Å²) in [5.74, 6) is -0.723. The smallest absolute Gasteiger partial charge is 0.272 e. The second kappa shape index (κ2) is 9.07. The highest BCUT2D eigenvalue weighted by Gasteiger charge is 2.28. The lowest BCUT2D eigenvalue weighted by molar-refractivity contribution is 0.0944. The molecule has 0 spiro atoms. The molecule has 0 bridgehead atoms. The highest BCUT2D eigenvalue weighted by molar-refractivity contribution is 7.89. The van der Waals surface area contributed by atoms with Gasteiger partial charge in [-0.25, -0.2) is 17.5 Å². The maximum absolute atomic E-state index is 14.3. The first-order chi connectivity index (χ1) is 15.7. The summed E-state index contributed by atoms with van der Waals surface area (Å²) in [6.45, 7) is 3.85. The Bertz CT molecular complexity index is 1280. The number of para-hydroxylation sites is 1. The number of nitrogens with zero attached hydrogens (tertiary/aromatic N) is 3. The van der Waals surface area contributed by atoms with Gasteiger partial charge in [0.25, 0.3) is 5.91 Å². The molecule has 0 aliphatic heterocycles. The summed E-state index contributed by atoms with van der Waals surface area (Å²) in [5, 5.41) is 7.29. The minimum Gasteiger partial charge on any atom is -0.347 e. The molecule has 0 atom stereocenters. The second-order valence-electron chi connectivity index (χ2n) is 8.43. The summed E-state index contributed by atoms with van der Waals surface area (Å²) < 4.78 is 42.4. The van der Waals surface area contributed by atoms with Gasteiger partial charge in [-0.3, -0.25) is 4.79 Å². The average molecular weight is 471 g/mol. The average Bonchev–Trinajstić information content (AvgIpc) is 3.40. The van der Waals surface area contributed by atoms with Crippen LogP contribution in [0.1, 0.15) is 47.6 Å². The lowest BCUT2D eigenvalue weighted by Crippen LogP contribution is -2.33. The first-order valence-electron chi connectivity index (χ1n) is 10.9. The van der Waals surface area contributed by atoms with Crippen LogP contribution in [0.4, 0.5) is 4.39 Å². The van der Waals surface area contributed by atoms with E-state index in [-0.39, 0.29) is 29.2 Å². The third-order valence-corrected chi connectivity index (χ3v) is 8.05. The molecule has 1 aromatic heterocycles. The maximum Gasteiger partial charge on any atom is 0.272 e. The van der Waals surface area contributed by atoms with Crippen molar-refractivity contribution in [2.24, 2.45) is 0 Å². The van der Waals surface area contributed by atoms with E-state index in [0.717, 1.165) is 36.1 Å². The summed E-state index contributed by atoms with van der Waals surface area (Å²) in [4.78, 5) is 13.1. The molecular formula is C24H27FN4O3S. The van der Waals surface area contributed by atoms with Crippen LogP contribution in [0, 0.1) is 5.82 Å². The molecule has 0 saturated carbocycles. The molecule has 9 heteroatoms. The fourth-order valence-electron chi connectivity index (χ4n) is 3.93. The summed E-state index contributed by atoms with van der Waals surface area (Å²) in [5.41, 5.74) is 3.13. The standard InChI is InChI=1S/C24H27FN4O3S/c1-16(2)28(3)33(31,32)18-13-11-17(12-14-18)15-26-24(30)23-19-7-6-10-21(19)29(27-23)22-9-5-4-8-20(22)25/h4-5,8-9,11-14,16H,6-7,10,15H2,1-3H3,(H,26,30). The highest BCUT2D eigenvalue weighted by Crippen LogP contribution is 2.28. The first-order valence-corrected chi connectivity index (χ1v) is 12.3. The molecule has 1 heterocycles. The first kappa shape index (κ1) is 23.1. The molecule has 3 aromatic rings. The predicted molar refractivity (Wildman–Crippen MR) is 123 cm³/mol. The third-order valence-electron chi connectivity index (χ3n) is 6.01. The van der Waals surface area contributed by atoms with Gasteiger partial charge in [-0.1, -0.05) is 24.3 Å². The van der Waals surface area contributed by atoms with E-state index in [4.69, 9.17) is 0 Å². The van der Waals surface area contributed by atoms with Gasteiger partial charge in [-0.2, -0.15) is 9.40 Å². The van der Waals surface area contributed by atoms with Crippen molar-refractivity contribution in [3.05, 3.63) is 76.9 Å². The van der Waals surface area contributed by atoms with E-state index >= 15 is 0 Å². The molecule has 33 heavy (non-hydrogen) atoms. The van der Waals surface area contributed by atoms with E-state index in [0.29, 0.717) is 11.4 Å². The summed E-state index contributed by atoms with van der Waals surface area (Å²) in [6, 6.07) is 12.7. The van der Waals surface area contributed by atoms with Crippen LogP contribution >= 0.6 is 0 Å². The minimum atomic E-state index is -3.56. The van der Waals surface area contributed by atoms with Gasteiger partial charge >= 0.3 is 0 Å². The van der Waals surface area contributed by atoms with Crippen LogP contribution in [0.25, 0.3) is 5.69 Å². The number of halogens is 1. The van der Waals surface area contributed by atoms with Crippen molar-refractivity contribution in [3.63, 3.8) is 0 Å². The lowest BCUT2D eigenvalue weighted by atomic mass is 10.2. The molecule has 1 N–H and O–H groups in total. The largest absolute Gasteiger partial charge is 0.347 e. The van der Waals surface area contributed by atoms with Crippen LogP contribution in [0.15, 0.2) is 53.4 Å². The van der Waals surface area contributed by atoms with Crippen LogP contribution in [0.2, 0.25) is 0 Å². The molecule has 1 amide bonds. The zero-order chi connectivity index (χ0) is 23.8. The number of nitrogens with one attached hydrogen (secondary N) is 1. The van der Waals surface area contributed by atoms with Crippen LogP contribution < -0.4 is 5.32 Å². The molecule has 2 aromatic carbocycles. The molecule has 0 fully saturated rings. The van der Waals surface area contributed by atoms with E-state index < -0.39 is 10.0 Å². The Morgan fingerprint density at radius 3 is 2.52 bits per heavy atom. The third kappa shape index (κ3) is 4.43. The van der Waals surface area contributed by atoms with Gasteiger partial charge < -0.3 is 5.32 Å². The number of carbonyl (C=O) groups excluding carboxylic acids is 1. The predicted octanol–water partition coefficient (Wildman–Crippen LogP) is 3.46. The molecule has 7 nitrogen and oxygen atoms in total. The Morgan fingerprint density at radius 2 is 1.85 bits per heavy atom. The topological polar surface area (TPSA) is 84.3 Å². The molecule has 0 saturated heterocycles. The van der Waals surface area contributed by atoms with Crippen LogP contribution in [0.3, 0.4) is 0 Å². The van der Waals surface area contributed by atoms with Gasteiger partial charge in [0.1, 0.15) is 11.5 Å². The van der Waals surface area contributed by atoms with Crippen molar-refractivity contribution in [1.29, 1.82) is 0 Å². The second-order valence-corrected chi connectivity index (χ2v) is 10.4. The molecular weight excluding hydrogens is 443 g/mol. The van der Waals surface area contributed by atoms with E-state index in [2.05, 4.69) is 10.4 Å². The Kier molecular flexibility index (Phi) is 6.36. The zero-order valence-electron chi connectivity index (χ0n) is 18.9. The van der Waals surface area contributed by atoms with E-state index in [9.17, 15) is 17.6 Å². The fraction of sp³-hybridized carbons (Fsp3) is 0.333. The normalized spacial score (nSPS) is 13.5. The number of aromatic nitrogens is 2. The van der Waals surface area contributed by atoms with Gasteiger partial charge in [0.05, 0.1) is 4.90 Å². The zero-order valence-corrected chi connectivity index (χ0v) is 19.7. The molecule has 4 rings (SSSR count). The maximum atomic E-state index is 14.3. The summed E-state index contributed by atoms with van der Waals surface area (Å²) >= 11 is 0. The number of carbonyl (C=O) groups is 1. The van der Waals surface area contributed by atoms with Crippen LogP contribution in [-0.2, 0) is 29.4 Å². The fourth-order valence-corrected chi connectivity index (χ4v) is 5.30. The number of sulfonamides is 1. The Labute approximate surface area is 193 Å². The summed E-state index contributed by atoms with van der Waals surface area (Å²) in [6.07, 6.45) is 2.36. The van der Waals surface area contributed by atoms with Crippen molar-refractivity contribution in [2.75, 3.05) is 7.05 Å². The van der Waals surface area contributed by atoms with Gasteiger partial charge in [0.15, 0.2) is 5.69 Å². The molecule has 174 valence electrons. The minimum absolute atomic E-state index is 0.153. The van der Waals surface area contributed by atoms with Gasteiger partial charge in [0, 0.05) is 30.9 Å². The number of hydrogen-bond donors (Lipinski definition) is 1. The van der Waals surface area contributed by atoms with Crippen LogP contribution in [0.5, 0.6) is 0 Å². The van der Waals surface area contributed by atoms with Crippen molar-refractivity contribution in [3.8, 4) is 5.69 Å². The highest BCUT2D eigenvalue weighted by atomic mass is 32.2.